The third-order valence-corrected chi connectivity index (χ3v) is 3.28. The predicted octanol–water partition coefficient (Wildman–Crippen LogP) is 2.84. The third kappa shape index (κ3) is 1.62. The molecule has 1 aromatic heterocycles. The first-order valence-corrected chi connectivity index (χ1v) is 5.80. The Hall–Kier alpha value is -1.64. The van der Waals surface area contributed by atoms with Crippen LogP contribution in [-0.4, -0.2) is 16.2 Å². The van der Waals surface area contributed by atoms with E-state index in [1.54, 1.807) is 0 Å². The summed E-state index contributed by atoms with van der Waals surface area (Å²) in [5.41, 5.74) is 2.07. The summed E-state index contributed by atoms with van der Waals surface area (Å²) in [5.74, 6) is 0.860. The van der Waals surface area contributed by atoms with Crippen LogP contribution in [0, 0.1) is 5.92 Å². The summed E-state index contributed by atoms with van der Waals surface area (Å²) in [6.45, 7) is 2.29. The molecule has 16 heavy (non-hydrogen) atoms. The van der Waals surface area contributed by atoms with Gasteiger partial charge < -0.3 is 5.32 Å². The maximum Gasteiger partial charge on any atom is 0.0950 e. The molecular formula is C13H15N3. The minimum atomic E-state index is 0.614. The van der Waals surface area contributed by atoms with Gasteiger partial charge in [-0.25, -0.2) is 0 Å². The Morgan fingerprint density at radius 2 is 2.06 bits per heavy atom. The highest BCUT2D eigenvalue weighted by Gasteiger charge is 2.25. The molecule has 1 aromatic carbocycles. The van der Waals surface area contributed by atoms with Gasteiger partial charge in [-0.3, -0.25) is 0 Å². The highest BCUT2D eigenvalue weighted by atomic mass is 15.1. The molecule has 0 saturated heterocycles. The highest BCUT2D eigenvalue weighted by molar-refractivity contribution is 5.90. The van der Waals surface area contributed by atoms with Crippen molar-refractivity contribution in [2.24, 2.45) is 5.92 Å². The van der Waals surface area contributed by atoms with Crippen molar-refractivity contribution in [3.63, 3.8) is 0 Å². The molecule has 1 heterocycles. The van der Waals surface area contributed by atoms with Crippen LogP contribution in [0.2, 0.25) is 0 Å². The van der Waals surface area contributed by atoms with Gasteiger partial charge in [-0.05, 0) is 24.8 Å². The lowest BCUT2D eigenvalue weighted by Crippen LogP contribution is -2.33. The van der Waals surface area contributed by atoms with E-state index in [1.165, 1.54) is 12.8 Å². The first-order valence-electron chi connectivity index (χ1n) is 5.80. The Balaban J connectivity index is 1.91. The minimum Gasteiger partial charge on any atom is -0.380 e. The van der Waals surface area contributed by atoms with E-state index in [0.29, 0.717) is 6.04 Å². The van der Waals surface area contributed by atoms with Crippen molar-refractivity contribution < 1.29 is 0 Å². The van der Waals surface area contributed by atoms with E-state index in [1.807, 2.05) is 24.4 Å². The van der Waals surface area contributed by atoms with Crippen molar-refractivity contribution in [2.75, 3.05) is 5.32 Å². The molecule has 3 rings (SSSR count). The SMILES string of the molecule is CC1CC(Nc2cnnc3ccccc23)C1. The molecule has 1 saturated carbocycles. The van der Waals surface area contributed by atoms with Crippen LogP contribution in [-0.2, 0) is 0 Å². The van der Waals surface area contributed by atoms with Crippen LogP contribution in [0.1, 0.15) is 19.8 Å². The fraction of sp³-hybridized carbons (Fsp3) is 0.385. The van der Waals surface area contributed by atoms with Crippen molar-refractivity contribution in [3.8, 4) is 0 Å². The van der Waals surface area contributed by atoms with Crippen molar-refractivity contribution in [3.05, 3.63) is 30.5 Å². The monoisotopic (exact) mass is 213 g/mol. The standard InChI is InChI=1S/C13H15N3/c1-9-6-10(7-9)15-13-8-14-16-12-5-3-2-4-11(12)13/h2-5,8-10H,6-7H2,1H3,(H,15,16). The van der Waals surface area contributed by atoms with E-state index in [4.69, 9.17) is 0 Å². The summed E-state index contributed by atoms with van der Waals surface area (Å²) in [4.78, 5) is 0. The van der Waals surface area contributed by atoms with Crippen molar-refractivity contribution >= 4 is 16.6 Å². The minimum absolute atomic E-state index is 0.614. The maximum absolute atomic E-state index is 4.12. The Labute approximate surface area is 94.9 Å². The Morgan fingerprint density at radius 1 is 1.25 bits per heavy atom. The van der Waals surface area contributed by atoms with Crippen molar-refractivity contribution in [1.82, 2.24) is 10.2 Å². The van der Waals surface area contributed by atoms with Crippen LogP contribution < -0.4 is 5.32 Å². The van der Waals surface area contributed by atoms with Crippen LogP contribution in [0.4, 0.5) is 5.69 Å². The molecule has 1 fully saturated rings. The lowest BCUT2D eigenvalue weighted by Gasteiger charge is -2.34. The smallest absolute Gasteiger partial charge is 0.0950 e. The zero-order chi connectivity index (χ0) is 11.0. The van der Waals surface area contributed by atoms with Gasteiger partial charge in [0.1, 0.15) is 0 Å². The highest BCUT2D eigenvalue weighted by Crippen LogP contribution is 2.31. The largest absolute Gasteiger partial charge is 0.380 e. The number of hydrogen-bond acceptors (Lipinski definition) is 3. The van der Waals surface area contributed by atoms with Gasteiger partial charge in [0.25, 0.3) is 0 Å². The van der Waals surface area contributed by atoms with Gasteiger partial charge >= 0.3 is 0 Å². The van der Waals surface area contributed by atoms with E-state index in [2.05, 4.69) is 28.5 Å². The molecule has 3 nitrogen and oxygen atoms in total. The molecule has 2 aromatic rings. The van der Waals surface area contributed by atoms with Crippen LogP contribution in [0.25, 0.3) is 10.9 Å². The molecule has 1 aliphatic carbocycles. The zero-order valence-electron chi connectivity index (χ0n) is 9.35. The lowest BCUT2D eigenvalue weighted by molar-refractivity contribution is 0.309. The van der Waals surface area contributed by atoms with E-state index in [0.717, 1.165) is 22.5 Å². The molecule has 0 spiro atoms. The molecule has 0 aliphatic heterocycles. The van der Waals surface area contributed by atoms with Gasteiger partial charge in [0.05, 0.1) is 17.4 Å². The quantitative estimate of drug-likeness (QED) is 0.833. The van der Waals surface area contributed by atoms with E-state index < -0.39 is 0 Å². The summed E-state index contributed by atoms with van der Waals surface area (Å²) in [7, 11) is 0. The number of nitrogens with one attached hydrogen (secondary N) is 1. The number of aromatic nitrogens is 2. The lowest BCUT2D eigenvalue weighted by atomic mass is 9.82. The van der Waals surface area contributed by atoms with Gasteiger partial charge in [-0.15, -0.1) is 0 Å². The third-order valence-electron chi connectivity index (χ3n) is 3.28. The number of anilines is 1. The average Bonchev–Trinajstić information content (AvgIpc) is 2.27. The van der Waals surface area contributed by atoms with Gasteiger partial charge in [0.15, 0.2) is 0 Å². The molecule has 3 heteroatoms. The second-order valence-electron chi connectivity index (χ2n) is 4.69. The molecule has 0 bridgehead atoms. The van der Waals surface area contributed by atoms with Crippen LogP contribution in [0.3, 0.4) is 0 Å². The fourth-order valence-corrected chi connectivity index (χ4v) is 2.36. The van der Waals surface area contributed by atoms with Gasteiger partial charge in [-0.1, -0.05) is 25.1 Å². The summed E-state index contributed by atoms with van der Waals surface area (Å²) < 4.78 is 0. The molecule has 82 valence electrons. The summed E-state index contributed by atoms with van der Waals surface area (Å²) in [6.07, 6.45) is 4.35. The molecule has 0 radical (unpaired) electrons. The van der Waals surface area contributed by atoms with Gasteiger partial charge in [0.2, 0.25) is 0 Å². The normalized spacial score (nSPS) is 24.1. The van der Waals surface area contributed by atoms with Crippen LogP contribution in [0.5, 0.6) is 0 Å². The Kier molecular flexibility index (Phi) is 2.24. The summed E-state index contributed by atoms with van der Waals surface area (Å²) in [5, 5.41) is 12.9. The zero-order valence-corrected chi connectivity index (χ0v) is 9.35. The topological polar surface area (TPSA) is 37.8 Å². The van der Waals surface area contributed by atoms with Crippen molar-refractivity contribution in [2.45, 2.75) is 25.8 Å². The second kappa shape index (κ2) is 3.74. The Bertz CT molecular complexity index is 498. The molecule has 0 unspecified atom stereocenters. The van der Waals surface area contributed by atoms with Gasteiger partial charge in [0, 0.05) is 11.4 Å². The van der Waals surface area contributed by atoms with Crippen LogP contribution in [0.15, 0.2) is 30.5 Å². The number of hydrogen-bond donors (Lipinski definition) is 1. The molecular weight excluding hydrogens is 198 g/mol. The molecule has 0 amide bonds. The Morgan fingerprint density at radius 3 is 2.88 bits per heavy atom. The molecule has 1 aliphatic rings. The number of nitrogens with zero attached hydrogens (tertiary/aromatic N) is 2. The van der Waals surface area contributed by atoms with Crippen LogP contribution >= 0.6 is 0 Å². The summed E-state index contributed by atoms with van der Waals surface area (Å²) >= 11 is 0. The second-order valence-corrected chi connectivity index (χ2v) is 4.69. The first kappa shape index (κ1) is 9.58. The van der Waals surface area contributed by atoms with E-state index in [-0.39, 0.29) is 0 Å². The molecule has 0 atom stereocenters. The predicted molar refractivity (Wildman–Crippen MR) is 65.3 cm³/mol. The van der Waals surface area contributed by atoms with Crippen molar-refractivity contribution in [1.29, 1.82) is 0 Å². The molecule has 1 N–H and O–H groups in total. The fourth-order valence-electron chi connectivity index (χ4n) is 2.36. The van der Waals surface area contributed by atoms with Gasteiger partial charge in [-0.2, -0.15) is 10.2 Å². The first-order chi connectivity index (χ1) is 7.83. The maximum atomic E-state index is 4.12. The number of rotatable bonds is 2. The summed E-state index contributed by atoms with van der Waals surface area (Å²) in [6, 6.07) is 8.73. The van der Waals surface area contributed by atoms with E-state index >= 15 is 0 Å². The number of fused-ring (bicyclic) bond motifs is 1. The number of benzene rings is 1. The average molecular weight is 213 g/mol. The van der Waals surface area contributed by atoms with E-state index in [9.17, 15) is 0 Å².